The van der Waals surface area contributed by atoms with Crippen molar-refractivity contribution in [1.29, 1.82) is 0 Å². The third-order valence-corrected chi connectivity index (χ3v) is 4.36. The summed E-state index contributed by atoms with van der Waals surface area (Å²) in [5.41, 5.74) is -1.98. The van der Waals surface area contributed by atoms with E-state index in [2.05, 4.69) is 6.58 Å². The Morgan fingerprint density at radius 2 is 2.04 bits per heavy atom. The molecule has 2 amide bonds. The first-order chi connectivity index (χ1) is 10.6. The fourth-order valence-corrected chi connectivity index (χ4v) is 3.03. The van der Waals surface area contributed by atoms with Crippen molar-refractivity contribution in [3.63, 3.8) is 0 Å². The number of carbonyl (C=O) groups is 2. The van der Waals surface area contributed by atoms with Crippen molar-refractivity contribution in [2.75, 3.05) is 26.2 Å². The molecule has 0 aromatic rings. The van der Waals surface area contributed by atoms with Crippen LogP contribution >= 0.6 is 0 Å². The lowest BCUT2D eigenvalue weighted by molar-refractivity contribution is -0.130. The first kappa shape index (κ1) is 17.8. The van der Waals surface area contributed by atoms with Crippen LogP contribution in [0.1, 0.15) is 40.0 Å². The summed E-state index contributed by atoms with van der Waals surface area (Å²) < 4.78 is 20.3. The average Bonchev–Trinajstić information content (AvgIpc) is 2.77. The van der Waals surface area contributed by atoms with Crippen LogP contribution in [0.3, 0.4) is 0 Å². The smallest absolute Gasteiger partial charge is 0.410 e. The number of hydrogen-bond donors (Lipinski definition) is 0. The molecule has 1 unspecified atom stereocenters. The van der Waals surface area contributed by atoms with Gasteiger partial charge in [-0.25, -0.2) is 9.18 Å². The highest BCUT2D eigenvalue weighted by Crippen LogP contribution is 2.31. The van der Waals surface area contributed by atoms with Gasteiger partial charge in [-0.1, -0.05) is 6.08 Å². The number of ether oxygens (including phenoxy) is 1. The first-order valence-corrected chi connectivity index (χ1v) is 8.19. The Bertz CT molecular complexity index is 479. The van der Waals surface area contributed by atoms with E-state index in [0.717, 1.165) is 0 Å². The number of alkyl halides is 1. The van der Waals surface area contributed by atoms with Gasteiger partial charge in [0.15, 0.2) is 0 Å². The topological polar surface area (TPSA) is 49.9 Å². The molecule has 2 saturated heterocycles. The molecule has 0 aliphatic carbocycles. The van der Waals surface area contributed by atoms with Gasteiger partial charge in [0.2, 0.25) is 5.91 Å². The Labute approximate surface area is 137 Å². The maximum Gasteiger partial charge on any atom is 0.410 e. The largest absolute Gasteiger partial charge is 0.444 e. The van der Waals surface area contributed by atoms with Crippen molar-refractivity contribution in [3.05, 3.63) is 12.7 Å². The normalized spacial score (nSPS) is 24.7. The predicted molar refractivity (Wildman–Crippen MR) is 85.8 cm³/mol. The van der Waals surface area contributed by atoms with E-state index in [1.807, 2.05) is 20.8 Å². The van der Waals surface area contributed by atoms with Crippen molar-refractivity contribution in [2.24, 2.45) is 5.92 Å². The van der Waals surface area contributed by atoms with Gasteiger partial charge < -0.3 is 14.5 Å². The molecule has 0 bridgehead atoms. The number of likely N-dealkylation sites (tertiary alicyclic amines) is 2. The van der Waals surface area contributed by atoms with Gasteiger partial charge in [0.05, 0.1) is 6.54 Å². The second-order valence-corrected chi connectivity index (χ2v) is 7.59. The second-order valence-electron chi connectivity index (χ2n) is 7.59. The molecule has 2 aliphatic rings. The van der Waals surface area contributed by atoms with Crippen molar-refractivity contribution < 1.29 is 18.7 Å². The maximum absolute atomic E-state index is 15.0. The summed E-state index contributed by atoms with van der Waals surface area (Å²) in [6.07, 6.45) is 2.24. The number of hydrogen-bond acceptors (Lipinski definition) is 3. The van der Waals surface area contributed by atoms with Gasteiger partial charge in [0, 0.05) is 44.8 Å². The molecule has 0 aromatic carbocycles. The van der Waals surface area contributed by atoms with E-state index in [-0.39, 0.29) is 31.2 Å². The highest BCUT2D eigenvalue weighted by Gasteiger charge is 2.41. The van der Waals surface area contributed by atoms with E-state index in [4.69, 9.17) is 4.74 Å². The minimum Gasteiger partial charge on any atom is -0.444 e. The summed E-state index contributed by atoms with van der Waals surface area (Å²) >= 11 is 0. The van der Waals surface area contributed by atoms with Gasteiger partial charge in [0.25, 0.3) is 0 Å². The van der Waals surface area contributed by atoms with Gasteiger partial charge in [-0.3, -0.25) is 4.79 Å². The molecular weight excluding hydrogens is 299 g/mol. The van der Waals surface area contributed by atoms with Crippen molar-refractivity contribution >= 4 is 12.0 Å². The van der Waals surface area contributed by atoms with Gasteiger partial charge in [-0.15, -0.1) is 6.58 Å². The summed E-state index contributed by atoms with van der Waals surface area (Å²) in [5, 5.41) is 0. The third kappa shape index (κ3) is 4.69. The number of nitrogens with zero attached hydrogens (tertiary/aromatic N) is 2. The molecule has 23 heavy (non-hydrogen) atoms. The molecule has 0 aromatic heterocycles. The lowest BCUT2D eigenvalue weighted by Gasteiger charge is -2.38. The standard InChI is InChI=1S/C17H27FN2O3/c1-5-13-10-14(21)20(11-13)12-17(18)6-8-19(9-7-17)15(22)23-16(2,3)4/h5,13H,1,6-12H2,2-4H3. The van der Waals surface area contributed by atoms with Crippen LogP contribution in [-0.2, 0) is 9.53 Å². The lowest BCUT2D eigenvalue weighted by Crippen LogP contribution is -2.50. The summed E-state index contributed by atoms with van der Waals surface area (Å²) in [6.45, 7) is 10.4. The number of carbonyl (C=O) groups excluding carboxylic acids is 2. The fraction of sp³-hybridized carbons (Fsp3) is 0.765. The molecule has 130 valence electrons. The second kappa shape index (κ2) is 6.49. The molecule has 2 fully saturated rings. The summed E-state index contributed by atoms with van der Waals surface area (Å²) in [6, 6.07) is 0. The van der Waals surface area contributed by atoms with E-state index < -0.39 is 17.4 Å². The maximum atomic E-state index is 15.0. The molecule has 2 aliphatic heterocycles. The number of rotatable bonds is 3. The summed E-state index contributed by atoms with van der Waals surface area (Å²) in [5.74, 6) is 0.106. The van der Waals surface area contributed by atoms with Crippen LogP contribution in [0.2, 0.25) is 0 Å². The molecule has 6 heteroatoms. The van der Waals surface area contributed by atoms with Crippen LogP contribution in [0.25, 0.3) is 0 Å². The Morgan fingerprint density at radius 1 is 1.43 bits per heavy atom. The molecular formula is C17H27FN2O3. The zero-order valence-corrected chi connectivity index (χ0v) is 14.3. The van der Waals surface area contributed by atoms with E-state index in [0.29, 0.717) is 26.1 Å². The summed E-state index contributed by atoms with van der Waals surface area (Å²) in [7, 11) is 0. The minimum atomic E-state index is -1.43. The van der Waals surface area contributed by atoms with E-state index >= 15 is 4.39 Å². The van der Waals surface area contributed by atoms with Crippen molar-refractivity contribution in [1.82, 2.24) is 9.80 Å². The van der Waals surface area contributed by atoms with Gasteiger partial charge >= 0.3 is 6.09 Å². The quantitative estimate of drug-likeness (QED) is 0.749. The molecule has 2 rings (SSSR count). The fourth-order valence-electron chi connectivity index (χ4n) is 3.03. The Kier molecular flexibility index (Phi) is 5.01. The van der Waals surface area contributed by atoms with Crippen LogP contribution in [0.4, 0.5) is 9.18 Å². The third-order valence-electron chi connectivity index (χ3n) is 4.36. The molecule has 0 radical (unpaired) electrons. The highest BCUT2D eigenvalue weighted by molar-refractivity contribution is 5.79. The van der Waals surface area contributed by atoms with E-state index in [1.165, 1.54) is 0 Å². The monoisotopic (exact) mass is 326 g/mol. The Hall–Kier alpha value is -1.59. The minimum absolute atomic E-state index is 0.0125. The molecule has 5 nitrogen and oxygen atoms in total. The Morgan fingerprint density at radius 3 is 2.52 bits per heavy atom. The van der Waals surface area contributed by atoms with Gasteiger partial charge in [0.1, 0.15) is 11.3 Å². The average molecular weight is 326 g/mol. The molecule has 0 N–H and O–H groups in total. The van der Waals surface area contributed by atoms with Gasteiger partial charge in [-0.05, 0) is 20.8 Å². The van der Waals surface area contributed by atoms with Crippen LogP contribution in [-0.4, -0.2) is 59.2 Å². The highest BCUT2D eigenvalue weighted by atomic mass is 19.1. The number of piperidine rings is 1. The predicted octanol–water partition coefficient (Wildman–Crippen LogP) is 2.76. The number of amides is 2. The lowest BCUT2D eigenvalue weighted by atomic mass is 9.93. The van der Waals surface area contributed by atoms with Crippen LogP contribution < -0.4 is 0 Å². The van der Waals surface area contributed by atoms with Crippen molar-refractivity contribution in [2.45, 2.75) is 51.3 Å². The van der Waals surface area contributed by atoms with Crippen molar-refractivity contribution in [3.8, 4) is 0 Å². The van der Waals surface area contributed by atoms with Crippen LogP contribution in [0.5, 0.6) is 0 Å². The first-order valence-electron chi connectivity index (χ1n) is 8.19. The van der Waals surface area contributed by atoms with E-state index in [9.17, 15) is 9.59 Å². The SMILES string of the molecule is C=CC1CC(=O)N(CC2(F)CCN(C(=O)OC(C)(C)C)CC2)C1. The number of halogens is 1. The zero-order chi connectivity index (χ0) is 17.3. The van der Waals surface area contributed by atoms with E-state index in [1.54, 1.807) is 15.9 Å². The molecule has 0 saturated carbocycles. The summed E-state index contributed by atoms with van der Waals surface area (Å²) in [4.78, 5) is 27.1. The Balaban J connectivity index is 1.86. The van der Waals surface area contributed by atoms with Crippen LogP contribution in [0, 0.1) is 5.92 Å². The zero-order valence-electron chi connectivity index (χ0n) is 14.3. The van der Waals surface area contributed by atoms with Gasteiger partial charge in [-0.2, -0.15) is 0 Å². The molecule has 0 spiro atoms. The van der Waals surface area contributed by atoms with Crippen LogP contribution in [0.15, 0.2) is 12.7 Å². The molecule has 1 atom stereocenters. The molecule has 2 heterocycles.